The summed E-state index contributed by atoms with van der Waals surface area (Å²) in [6.07, 6.45) is 12.2. The van der Waals surface area contributed by atoms with E-state index in [1.807, 2.05) is 0 Å². The molecule has 1 fully saturated rings. The standard InChI is InChI=1S/C13H25NO/c1-12-10-8-6-4-2-3-5-7-9-11-13(15)14-12/h12H,2-11H2,1H3,(H,14,15)/t12-/m0/s1. The summed E-state index contributed by atoms with van der Waals surface area (Å²) in [5.74, 6) is 0.252. The maximum Gasteiger partial charge on any atom is 0.220 e. The Morgan fingerprint density at radius 3 is 2.13 bits per heavy atom. The van der Waals surface area contributed by atoms with Gasteiger partial charge in [-0.2, -0.15) is 0 Å². The first kappa shape index (κ1) is 12.5. The zero-order valence-electron chi connectivity index (χ0n) is 10.1. The van der Waals surface area contributed by atoms with Gasteiger partial charge in [-0.3, -0.25) is 4.79 Å². The summed E-state index contributed by atoms with van der Waals surface area (Å²) in [5, 5.41) is 3.08. The number of carbonyl (C=O) groups excluding carboxylic acids is 1. The van der Waals surface area contributed by atoms with Crippen LogP contribution in [0.1, 0.15) is 71.1 Å². The number of hydrogen-bond donors (Lipinski definition) is 1. The van der Waals surface area contributed by atoms with Crippen LogP contribution in [-0.2, 0) is 4.79 Å². The highest BCUT2D eigenvalue weighted by Crippen LogP contribution is 2.12. The SMILES string of the molecule is C[C@H]1CCCCCCCCCCC(=O)N1. The molecule has 1 rings (SSSR count). The van der Waals surface area contributed by atoms with Crippen LogP contribution >= 0.6 is 0 Å². The van der Waals surface area contributed by atoms with Gasteiger partial charge in [0.25, 0.3) is 0 Å². The first-order valence-corrected chi connectivity index (χ1v) is 6.58. The fourth-order valence-electron chi connectivity index (χ4n) is 2.22. The molecule has 0 aromatic carbocycles. The molecule has 0 saturated carbocycles. The van der Waals surface area contributed by atoms with Gasteiger partial charge in [0.2, 0.25) is 5.91 Å². The van der Waals surface area contributed by atoms with Crippen LogP contribution in [0.3, 0.4) is 0 Å². The molecule has 1 saturated heterocycles. The van der Waals surface area contributed by atoms with E-state index in [9.17, 15) is 4.79 Å². The summed E-state index contributed by atoms with van der Waals surface area (Å²) < 4.78 is 0. The van der Waals surface area contributed by atoms with Crippen LogP contribution in [0.25, 0.3) is 0 Å². The molecule has 1 amide bonds. The predicted molar refractivity (Wildman–Crippen MR) is 63.8 cm³/mol. The Morgan fingerprint density at radius 1 is 0.933 bits per heavy atom. The van der Waals surface area contributed by atoms with Gasteiger partial charge in [-0.05, 0) is 19.8 Å². The minimum atomic E-state index is 0.252. The molecule has 0 aromatic heterocycles. The van der Waals surface area contributed by atoms with Gasteiger partial charge in [0.15, 0.2) is 0 Å². The summed E-state index contributed by atoms with van der Waals surface area (Å²) in [6.45, 7) is 2.12. The zero-order chi connectivity index (χ0) is 10.9. The molecule has 0 bridgehead atoms. The molecule has 0 aliphatic carbocycles. The molecule has 1 N–H and O–H groups in total. The molecule has 0 spiro atoms. The monoisotopic (exact) mass is 211 g/mol. The second-order valence-electron chi connectivity index (χ2n) is 4.84. The van der Waals surface area contributed by atoms with Crippen LogP contribution in [0.2, 0.25) is 0 Å². The summed E-state index contributed by atoms with van der Waals surface area (Å²) in [5.41, 5.74) is 0. The number of carbonyl (C=O) groups is 1. The molecule has 88 valence electrons. The van der Waals surface area contributed by atoms with E-state index in [1.54, 1.807) is 0 Å². The lowest BCUT2D eigenvalue weighted by molar-refractivity contribution is -0.121. The van der Waals surface area contributed by atoms with E-state index in [4.69, 9.17) is 0 Å². The minimum Gasteiger partial charge on any atom is -0.354 e. The molecule has 1 heterocycles. The Kier molecular flexibility index (Phi) is 6.45. The molecule has 1 aliphatic heterocycles. The van der Waals surface area contributed by atoms with Gasteiger partial charge in [0.05, 0.1) is 0 Å². The van der Waals surface area contributed by atoms with E-state index < -0.39 is 0 Å². The first-order valence-electron chi connectivity index (χ1n) is 6.58. The van der Waals surface area contributed by atoms with Crippen LogP contribution in [-0.4, -0.2) is 11.9 Å². The second kappa shape index (κ2) is 7.72. The van der Waals surface area contributed by atoms with E-state index in [1.165, 1.54) is 44.9 Å². The average molecular weight is 211 g/mol. The molecular formula is C13H25NO. The highest BCUT2D eigenvalue weighted by molar-refractivity contribution is 5.76. The van der Waals surface area contributed by atoms with E-state index in [0.717, 1.165) is 19.3 Å². The van der Waals surface area contributed by atoms with Crippen molar-refractivity contribution in [3.8, 4) is 0 Å². The fourth-order valence-corrected chi connectivity index (χ4v) is 2.22. The van der Waals surface area contributed by atoms with Crippen molar-refractivity contribution >= 4 is 5.91 Å². The van der Waals surface area contributed by atoms with Crippen molar-refractivity contribution in [3.05, 3.63) is 0 Å². The van der Waals surface area contributed by atoms with Crippen molar-refractivity contribution in [1.82, 2.24) is 5.32 Å². The van der Waals surface area contributed by atoms with E-state index in [-0.39, 0.29) is 5.91 Å². The normalized spacial score (nSPS) is 27.0. The highest BCUT2D eigenvalue weighted by atomic mass is 16.1. The van der Waals surface area contributed by atoms with Crippen molar-refractivity contribution < 1.29 is 4.79 Å². The maximum atomic E-state index is 11.5. The van der Waals surface area contributed by atoms with Crippen molar-refractivity contribution in [2.45, 2.75) is 77.2 Å². The van der Waals surface area contributed by atoms with E-state index >= 15 is 0 Å². The molecule has 0 aromatic rings. The molecule has 15 heavy (non-hydrogen) atoms. The number of amides is 1. The van der Waals surface area contributed by atoms with Gasteiger partial charge in [0, 0.05) is 12.5 Å². The van der Waals surface area contributed by atoms with E-state index in [2.05, 4.69) is 12.2 Å². The Balaban J connectivity index is 2.26. The van der Waals surface area contributed by atoms with Gasteiger partial charge < -0.3 is 5.32 Å². The maximum absolute atomic E-state index is 11.5. The van der Waals surface area contributed by atoms with Gasteiger partial charge in [-0.1, -0.05) is 44.9 Å². The molecule has 2 nitrogen and oxygen atoms in total. The van der Waals surface area contributed by atoms with Crippen molar-refractivity contribution in [2.75, 3.05) is 0 Å². The lowest BCUT2D eigenvalue weighted by Gasteiger charge is -2.13. The predicted octanol–water partition coefficient (Wildman–Crippen LogP) is 3.41. The summed E-state index contributed by atoms with van der Waals surface area (Å²) in [6, 6.07) is 0.373. The third kappa shape index (κ3) is 6.53. The fraction of sp³-hybridized carbons (Fsp3) is 0.923. The van der Waals surface area contributed by atoms with Crippen LogP contribution < -0.4 is 5.32 Å². The van der Waals surface area contributed by atoms with Crippen LogP contribution in [0.5, 0.6) is 0 Å². The molecule has 0 unspecified atom stereocenters. The Bertz CT molecular complexity index is 179. The molecule has 0 radical (unpaired) electrons. The zero-order valence-corrected chi connectivity index (χ0v) is 10.1. The molecule has 1 aliphatic rings. The molecule has 2 heteroatoms. The number of rotatable bonds is 0. The van der Waals surface area contributed by atoms with Gasteiger partial charge in [-0.15, -0.1) is 0 Å². The minimum absolute atomic E-state index is 0.252. The Hall–Kier alpha value is -0.530. The summed E-state index contributed by atoms with van der Waals surface area (Å²) in [4.78, 5) is 11.5. The highest BCUT2D eigenvalue weighted by Gasteiger charge is 2.07. The van der Waals surface area contributed by atoms with Crippen molar-refractivity contribution in [2.24, 2.45) is 0 Å². The topological polar surface area (TPSA) is 29.1 Å². The van der Waals surface area contributed by atoms with Crippen LogP contribution in [0.4, 0.5) is 0 Å². The second-order valence-corrected chi connectivity index (χ2v) is 4.84. The van der Waals surface area contributed by atoms with Gasteiger partial charge >= 0.3 is 0 Å². The quantitative estimate of drug-likeness (QED) is 0.653. The van der Waals surface area contributed by atoms with Gasteiger partial charge in [-0.25, -0.2) is 0 Å². The first-order chi connectivity index (χ1) is 7.29. The smallest absolute Gasteiger partial charge is 0.220 e. The van der Waals surface area contributed by atoms with Crippen LogP contribution in [0, 0.1) is 0 Å². The van der Waals surface area contributed by atoms with Gasteiger partial charge in [0.1, 0.15) is 0 Å². The summed E-state index contributed by atoms with van der Waals surface area (Å²) >= 11 is 0. The molecule has 1 atom stereocenters. The third-order valence-corrected chi connectivity index (χ3v) is 3.20. The van der Waals surface area contributed by atoms with E-state index in [0.29, 0.717) is 6.04 Å². The average Bonchev–Trinajstić information content (AvgIpc) is 2.21. The van der Waals surface area contributed by atoms with Crippen molar-refractivity contribution in [1.29, 1.82) is 0 Å². The molecular weight excluding hydrogens is 186 g/mol. The third-order valence-electron chi connectivity index (χ3n) is 3.20. The largest absolute Gasteiger partial charge is 0.354 e. The van der Waals surface area contributed by atoms with Crippen molar-refractivity contribution in [3.63, 3.8) is 0 Å². The Labute approximate surface area is 93.8 Å². The number of nitrogens with one attached hydrogen (secondary N) is 1. The lowest BCUT2D eigenvalue weighted by atomic mass is 10.1. The summed E-state index contributed by atoms with van der Waals surface area (Å²) in [7, 11) is 0. The Morgan fingerprint density at radius 2 is 1.47 bits per heavy atom. The lowest BCUT2D eigenvalue weighted by Crippen LogP contribution is -2.32. The van der Waals surface area contributed by atoms with Crippen LogP contribution in [0.15, 0.2) is 0 Å². The number of hydrogen-bond acceptors (Lipinski definition) is 1.